The van der Waals surface area contributed by atoms with E-state index < -0.39 is 0 Å². The topological polar surface area (TPSA) is 88.3 Å². The highest BCUT2D eigenvalue weighted by atomic mass is 16.5. The van der Waals surface area contributed by atoms with Gasteiger partial charge in [-0.15, -0.1) is 0 Å². The number of hydrogen-bond donors (Lipinski definition) is 2. The minimum Gasteiger partial charge on any atom is -0.473 e. The van der Waals surface area contributed by atoms with E-state index in [2.05, 4.69) is 51.2 Å². The van der Waals surface area contributed by atoms with Crippen LogP contribution in [0.4, 0.5) is 0 Å². The maximum Gasteiger partial charge on any atom is 0.217 e. The van der Waals surface area contributed by atoms with Crippen molar-refractivity contribution in [3.05, 3.63) is 84.8 Å². The predicted octanol–water partition coefficient (Wildman–Crippen LogP) is 4.96. The molecule has 0 amide bonds. The van der Waals surface area contributed by atoms with Crippen LogP contribution in [-0.4, -0.2) is 30.7 Å². The Hall–Kier alpha value is -4.13. The van der Waals surface area contributed by atoms with Crippen molar-refractivity contribution in [2.24, 2.45) is 12.2 Å². The number of aromatic amines is 1. The van der Waals surface area contributed by atoms with E-state index in [1.165, 1.54) is 0 Å². The van der Waals surface area contributed by atoms with Gasteiger partial charge in [-0.1, -0.05) is 54.2 Å². The van der Waals surface area contributed by atoms with E-state index >= 15 is 0 Å². The monoisotopic (exact) mass is 413 g/mol. The lowest BCUT2D eigenvalue weighted by Gasteiger charge is -2.09. The molecule has 31 heavy (non-hydrogen) atoms. The second kappa shape index (κ2) is 8.71. The largest absolute Gasteiger partial charge is 0.473 e. The molecule has 7 nitrogen and oxygen atoms in total. The van der Waals surface area contributed by atoms with E-state index in [4.69, 9.17) is 9.94 Å². The van der Waals surface area contributed by atoms with Crippen LogP contribution in [0.3, 0.4) is 0 Å². The number of nitrogens with one attached hydrogen (secondary N) is 1. The second-order valence-electron chi connectivity index (χ2n) is 7.17. The van der Waals surface area contributed by atoms with Gasteiger partial charge in [0, 0.05) is 12.6 Å². The number of fused-ring (bicyclic) bond motifs is 1. The van der Waals surface area contributed by atoms with Gasteiger partial charge in [-0.05, 0) is 35.8 Å². The molecule has 0 fully saturated rings. The van der Waals surface area contributed by atoms with E-state index in [0.717, 1.165) is 38.9 Å². The summed E-state index contributed by atoms with van der Waals surface area (Å²) >= 11 is 0. The Kier molecular flexibility index (Phi) is 5.66. The third-order valence-electron chi connectivity index (χ3n) is 5.06. The van der Waals surface area contributed by atoms with Crippen LogP contribution >= 0.6 is 0 Å². The molecule has 7 heteroatoms. The molecule has 0 spiro atoms. The number of benzene rings is 2. The molecule has 0 saturated carbocycles. The number of nitrogens with zero attached hydrogens (tertiary/aromatic N) is 4. The summed E-state index contributed by atoms with van der Waals surface area (Å²) in [5.41, 5.74) is 7.27. The maximum atomic E-state index is 8.91. The third kappa shape index (κ3) is 4.11. The number of aromatic nitrogens is 4. The number of ether oxygens (including phenoxy) is 1. The van der Waals surface area contributed by atoms with E-state index in [0.29, 0.717) is 18.2 Å². The minimum absolute atomic E-state index is 0.376. The average Bonchev–Trinajstić information content (AvgIpc) is 3.43. The van der Waals surface area contributed by atoms with Crippen LogP contribution < -0.4 is 4.74 Å². The van der Waals surface area contributed by atoms with E-state index in [9.17, 15) is 0 Å². The molecule has 0 unspecified atom stereocenters. The third-order valence-corrected chi connectivity index (χ3v) is 5.06. The van der Waals surface area contributed by atoms with Crippen LogP contribution in [0.25, 0.3) is 27.7 Å². The van der Waals surface area contributed by atoms with Crippen LogP contribution in [0.2, 0.25) is 0 Å². The molecule has 4 rings (SSSR count). The first kappa shape index (κ1) is 20.2. The molecule has 0 atom stereocenters. The van der Waals surface area contributed by atoms with Crippen molar-refractivity contribution in [3.8, 4) is 17.0 Å². The molecule has 2 aromatic carbocycles. The summed E-state index contributed by atoms with van der Waals surface area (Å²) in [7, 11) is 1.99. The molecular formula is C24H23N5O2. The van der Waals surface area contributed by atoms with Crippen molar-refractivity contribution in [1.29, 1.82) is 0 Å². The van der Waals surface area contributed by atoms with Crippen LogP contribution in [0.5, 0.6) is 5.88 Å². The zero-order valence-corrected chi connectivity index (χ0v) is 17.4. The smallest absolute Gasteiger partial charge is 0.217 e. The first-order valence-electron chi connectivity index (χ1n) is 9.79. The Morgan fingerprint density at radius 2 is 2.06 bits per heavy atom. The summed E-state index contributed by atoms with van der Waals surface area (Å²) in [5.74, 6) is 0.527. The zero-order valence-electron chi connectivity index (χ0n) is 17.4. The molecule has 0 bridgehead atoms. The van der Waals surface area contributed by atoms with Gasteiger partial charge >= 0.3 is 0 Å². The summed E-state index contributed by atoms with van der Waals surface area (Å²) in [5, 5.41) is 19.0. The van der Waals surface area contributed by atoms with E-state index in [1.807, 2.05) is 36.1 Å². The molecule has 156 valence electrons. The number of aryl methyl sites for hydroxylation is 1. The summed E-state index contributed by atoms with van der Waals surface area (Å²) < 4.78 is 7.97. The van der Waals surface area contributed by atoms with Crippen LogP contribution in [0, 0.1) is 0 Å². The van der Waals surface area contributed by atoms with Crippen molar-refractivity contribution in [1.82, 2.24) is 19.7 Å². The number of H-pyrrole nitrogens is 1. The number of allylic oxidation sites excluding steroid dienone is 3. The lowest BCUT2D eigenvalue weighted by atomic mass is 10.0. The highest BCUT2D eigenvalue weighted by Crippen LogP contribution is 2.28. The molecule has 0 aliphatic carbocycles. The Labute approximate surface area is 180 Å². The summed E-state index contributed by atoms with van der Waals surface area (Å²) in [6, 6.07) is 14.4. The van der Waals surface area contributed by atoms with E-state index in [1.54, 1.807) is 25.3 Å². The summed E-state index contributed by atoms with van der Waals surface area (Å²) in [6.07, 6.45) is 6.86. The average molecular weight is 413 g/mol. The fourth-order valence-corrected chi connectivity index (χ4v) is 3.42. The number of rotatable bonds is 7. The molecule has 0 aliphatic heterocycles. The van der Waals surface area contributed by atoms with Gasteiger partial charge in [-0.25, -0.2) is 10.1 Å². The molecule has 0 radical (unpaired) electrons. The SMILES string of the molecule is C=C/C(=C\C(C)=NO)c1cn[nH]c1OCc1ccc(-c2cccc3c2ncn3C)cc1. The van der Waals surface area contributed by atoms with E-state index in [-0.39, 0.29) is 0 Å². The normalized spacial score (nSPS) is 12.3. The van der Waals surface area contributed by atoms with Gasteiger partial charge in [-0.3, -0.25) is 0 Å². The molecule has 2 aromatic heterocycles. The quantitative estimate of drug-likeness (QED) is 0.194. The highest BCUT2D eigenvalue weighted by Gasteiger charge is 2.11. The Balaban J connectivity index is 1.52. The van der Waals surface area contributed by atoms with Gasteiger partial charge in [0.25, 0.3) is 0 Å². The lowest BCUT2D eigenvalue weighted by Crippen LogP contribution is -1.98. The maximum absolute atomic E-state index is 8.91. The molecule has 2 heterocycles. The van der Waals surface area contributed by atoms with Crippen molar-refractivity contribution in [2.45, 2.75) is 13.5 Å². The number of hydrogen-bond acceptors (Lipinski definition) is 5. The highest BCUT2D eigenvalue weighted by molar-refractivity contribution is 6.01. The second-order valence-corrected chi connectivity index (χ2v) is 7.17. The summed E-state index contributed by atoms with van der Waals surface area (Å²) in [6.45, 7) is 5.88. The zero-order chi connectivity index (χ0) is 21.8. The van der Waals surface area contributed by atoms with Gasteiger partial charge in [0.05, 0.1) is 34.8 Å². The first-order chi connectivity index (χ1) is 15.1. The first-order valence-corrected chi connectivity index (χ1v) is 9.79. The van der Waals surface area contributed by atoms with Gasteiger partial charge in [0.15, 0.2) is 0 Å². The molecule has 4 aromatic rings. The van der Waals surface area contributed by atoms with Crippen molar-refractivity contribution >= 4 is 22.3 Å². The van der Waals surface area contributed by atoms with Gasteiger partial charge < -0.3 is 14.5 Å². The fourth-order valence-electron chi connectivity index (χ4n) is 3.42. The molecular weight excluding hydrogens is 390 g/mol. The van der Waals surface area contributed by atoms with Crippen LogP contribution in [-0.2, 0) is 13.7 Å². The summed E-state index contributed by atoms with van der Waals surface area (Å²) in [4.78, 5) is 4.54. The fraction of sp³-hybridized carbons (Fsp3) is 0.125. The standard InChI is InChI=1S/C24H23N5O2/c1-4-18(12-16(2)28-30)21-13-26-27-24(21)31-14-17-8-10-19(11-9-17)20-6-5-7-22-23(20)25-15-29(22)3/h4-13,15,30H,1,14H2,2-3H3,(H,26,27)/b18-12+,28-16?. The van der Waals surface area contributed by atoms with Crippen molar-refractivity contribution < 1.29 is 9.94 Å². The Morgan fingerprint density at radius 3 is 2.81 bits per heavy atom. The van der Waals surface area contributed by atoms with Gasteiger partial charge in [0.2, 0.25) is 5.88 Å². The molecule has 2 N–H and O–H groups in total. The molecule has 0 saturated heterocycles. The number of imidazole rings is 1. The van der Waals surface area contributed by atoms with Crippen molar-refractivity contribution in [2.75, 3.05) is 0 Å². The Bertz CT molecular complexity index is 1280. The number of para-hydroxylation sites is 1. The number of oxime groups is 1. The van der Waals surface area contributed by atoms with Crippen LogP contribution in [0.1, 0.15) is 18.1 Å². The van der Waals surface area contributed by atoms with Crippen LogP contribution in [0.15, 0.2) is 78.9 Å². The van der Waals surface area contributed by atoms with Gasteiger partial charge in [0.1, 0.15) is 6.61 Å². The Morgan fingerprint density at radius 1 is 1.26 bits per heavy atom. The molecule has 0 aliphatic rings. The lowest BCUT2D eigenvalue weighted by molar-refractivity contribution is 0.292. The van der Waals surface area contributed by atoms with Gasteiger partial charge in [-0.2, -0.15) is 5.10 Å². The van der Waals surface area contributed by atoms with Crippen molar-refractivity contribution in [3.63, 3.8) is 0 Å². The predicted molar refractivity (Wildman–Crippen MR) is 122 cm³/mol. The minimum atomic E-state index is 0.376.